The molecule has 0 fully saturated rings. The molecule has 0 aliphatic carbocycles. The van der Waals surface area contributed by atoms with E-state index in [1.165, 1.54) is 10.4 Å². The van der Waals surface area contributed by atoms with Crippen molar-refractivity contribution in [1.29, 1.82) is 0 Å². The summed E-state index contributed by atoms with van der Waals surface area (Å²) in [5, 5.41) is 4.25. The van der Waals surface area contributed by atoms with Gasteiger partial charge in [-0.15, -0.1) is 11.3 Å². The Morgan fingerprint density at radius 1 is 1.07 bits per heavy atom. The molecule has 0 aliphatic rings. The number of amides is 1. The smallest absolute Gasteiger partial charge is 0.241 e. The van der Waals surface area contributed by atoms with E-state index in [1.54, 1.807) is 16.2 Å². The number of likely N-dealkylation sites (N-methyl/N-ethyl adjacent to an activating group) is 1. The number of nitrogens with zero attached hydrogens (tertiary/aromatic N) is 4. The third kappa shape index (κ3) is 4.25. The number of rotatable bonds is 6. The van der Waals surface area contributed by atoms with Crippen LogP contribution >= 0.6 is 11.3 Å². The minimum absolute atomic E-state index is 0.0192. The fourth-order valence-electron chi connectivity index (χ4n) is 3.04. The standard InChI is InChI=1S/C21H27N5OS/c1-13-14(2)28-21-19(13)20(23-15(3)24-21)22-11-18(27)26(6)12-16-7-9-17(10-8-16)25(4)5/h7-10H,11-12H2,1-6H3,(H,22,23,24). The highest BCUT2D eigenvalue weighted by molar-refractivity contribution is 7.18. The molecule has 7 heteroatoms. The number of hydrogen-bond donors (Lipinski definition) is 1. The fourth-order valence-corrected chi connectivity index (χ4v) is 4.11. The van der Waals surface area contributed by atoms with Gasteiger partial charge in [0.25, 0.3) is 0 Å². The van der Waals surface area contributed by atoms with Crippen molar-refractivity contribution in [3.8, 4) is 0 Å². The topological polar surface area (TPSA) is 61.4 Å². The van der Waals surface area contributed by atoms with Crippen LogP contribution in [0.4, 0.5) is 11.5 Å². The maximum Gasteiger partial charge on any atom is 0.241 e. The average Bonchev–Trinajstić information content (AvgIpc) is 2.93. The summed E-state index contributed by atoms with van der Waals surface area (Å²) in [6.07, 6.45) is 0. The number of nitrogens with one attached hydrogen (secondary N) is 1. The molecule has 3 aromatic rings. The van der Waals surface area contributed by atoms with Crippen molar-refractivity contribution >= 4 is 39.0 Å². The van der Waals surface area contributed by atoms with E-state index < -0.39 is 0 Å². The molecule has 28 heavy (non-hydrogen) atoms. The third-order valence-corrected chi connectivity index (χ3v) is 5.95. The Labute approximate surface area is 170 Å². The molecule has 1 N–H and O–H groups in total. The number of fused-ring (bicyclic) bond motifs is 1. The normalized spacial score (nSPS) is 10.9. The summed E-state index contributed by atoms with van der Waals surface area (Å²) >= 11 is 1.66. The fraction of sp³-hybridized carbons (Fsp3) is 0.381. The van der Waals surface area contributed by atoms with Crippen molar-refractivity contribution in [1.82, 2.24) is 14.9 Å². The van der Waals surface area contributed by atoms with E-state index in [4.69, 9.17) is 0 Å². The Balaban J connectivity index is 1.67. The Morgan fingerprint density at radius 2 is 1.75 bits per heavy atom. The van der Waals surface area contributed by atoms with E-state index in [9.17, 15) is 4.79 Å². The zero-order chi connectivity index (χ0) is 20.4. The van der Waals surface area contributed by atoms with Gasteiger partial charge in [-0.05, 0) is 44.0 Å². The van der Waals surface area contributed by atoms with Crippen LogP contribution < -0.4 is 10.2 Å². The monoisotopic (exact) mass is 397 g/mol. The highest BCUT2D eigenvalue weighted by Gasteiger charge is 2.15. The van der Waals surface area contributed by atoms with Gasteiger partial charge in [-0.25, -0.2) is 9.97 Å². The highest BCUT2D eigenvalue weighted by atomic mass is 32.1. The Kier molecular flexibility index (Phi) is 5.84. The zero-order valence-corrected chi connectivity index (χ0v) is 18.1. The summed E-state index contributed by atoms with van der Waals surface area (Å²) < 4.78 is 0. The predicted molar refractivity (Wildman–Crippen MR) is 117 cm³/mol. The van der Waals surface area contributed by atoms with Gasteiger partial charge in [-0.3, -0.25) is 4.79 Å². The van der Waals surface area contributed by atoms with E-state index in [0.717, 1.165) is 27.3 Å². The van der Waals surface area contributed by atoms with Gasteiger partial charge < -0.3 is 15.1 Å². The second kappa shape index (κ2) is 8.14. The zero-order valence-electron chi connectivity index (χ0n) is 17.3. The molecule has 0 aliphatic heterocycles. The number of hydrogen-bond acceptors (Lipinski definition) is 6. The molecular formula is C21H27N5OS. The molecule has 6 nitrogen and oxygen atoms in total. The SMILES string of the molecule is Cc1nc(NCC(=O)N(C)Cc2ccc(N(C)C)cc2)c2c(C)c(C)sc2n1. The summed E-state index contributed by atoms with van der Waals surface area (Å²) in [4.78, 5) is 27.6. The molecule has 0 radical (unpaired) electrons. The summed E-state index contributed by atoms with van der Waals surface area (Å²) in [6, 6.07) is 8.24. The second-order valence-electron chi connectivity index (χ2n) is 7.25. The van der Waals surface area contributed by atoms with E-state index in [-0.39, 0.29) is 12.5 Å². The molecule has 1 amide bonds. The molecule has 2 aromatic heterocycles. The van der Waals surface area contributed by atoms with E-state index in [1.807, 2.05) is 28.1 Å². The van der Waals surface area contributed by atoms with Crippen molar-refractivity contribution in [3.05, 3.63) is 46.1 Å². The molecule has 3 rings (SSSR count). The van der Waals surface area contributed by atoms with Gasteiger partial charge in [0.2, 0.25) is 5.91 Å². The van der Waals surface area contributed by atoms with Crippen molar-refractivity contribution in [3.63, 3.8) is 0 Å². The van der Waals surface area contributed by atoms with Crippen LogP contribution in [0.5, 0.6) is 0 Å². The summed E-state index contributed by atoms with van der Waals surface area (Å²) in [6.45, 7) is 6.81. The van der Waals surface area contributed by atoms with Gasteiger partial charge in [0.1, 0.15) is 16.5 Å². The van der Waals surface area contributed by atoms with Crippen LogP contribution in [0.15, 0.2) is 24.3 Å². The Morgan fingerprint density at radius 3 is 2.39 bits per heavy atom. The molecule has 1 aromatic carbocycles. The van der Waals surface area contributed by atoms with Crippen LogP contribution in [0.2, 0.25) is 0 Å². The van der Waals surface area contributed by atoms with Gasteiger partial charge in [0, 0.05) is 38.3 Å². The number of thiophene rings is 1. The van der Waals surface area contributed by atoms with Gasteiger partial charge >= 0.3 is 0 Å². The number of aryl methyl sites for hydroxylation is 3. The van der Waals surface area contributed by atoms with Crippen molar-refractivity contribution < 1.29 is 4.79 Å². The lowest BCUT2D eigenvalue weighted by molar-refractivity contribution is -0.128. The predicted octanol–water partition coefficient (Wildman–Crippen LogP) is 3.75. The number of carbonyl (C=O) groups excluding carboxylic acids is 1. The third-order valence-electron chi connectivity index (χ3n) is 4.85. The first-order chi connectivity index (χ1) is 13.3. The van der Waals surface area contributed by atoms with E-state index in [2.05, 4.69) is 58.3 Å². The van der Waals surface area contributed by atoms with Crippen molar-refractivity contribution in [2.24, 2.45) is 0 Å². The molecule has 0 saturated heterocycles. The number of aromatic nitrogens is 2. The maximum atomic E-state index is 12.6. The molecule has 0 bridgehead atoms. The molecule has 0 spiro atoms. The molecule has 2 heterocycles. The van der Waals surface area contributed by atoms with Crippen LogP contribution in [-0.4, -0.2) is 48.5 Å². The molecule has 0 saturated carbocycles. The van der Waals surface area contributed by atoms with Gasteiger partial charge in [-0.2, -0.15) is 0 Å². The maximum absolute atomic E-state index is 12.6. The first-order valence-corrected chi connectivity index (χ1v) is 10.1. The summed E-state index contributed by atoms with van der Waals surface area (Å²) in [7, 11) is 5.85. The van der Waals surface area contributed by atoms with Gasteiger partial charge in [-0.1, -0.05) is 12.1 Å². The number of carbonyl (C=O) groups is 1. The second-order valence-corrected chi connectivity index (χ2v) is 8.45. The Hall–Kier alpha value is -2.67. The molecule has 0 atom stereocenters. The quantitative estimate of drug-likeness (QED) is 0.686. The number of benzene rings is 1. The van der Waals surface area contributed by atoms with Crippen LogP contribution in [0.1, 0.15) is 21.8 Å². The van der Waals surface area contributed by atoms with Crippen LogP contribution in [0, 0.1) is 20.8 Å². The summed E-state index contributed by atoms with van der Waals surface area (Å²) in [5.74, 6) is 1.46. The molecule has 0 unspecified atom stereocenters. The van der Waals surface area contributed by atoms with Gasteiger partial charge in [0.15, 0.2) is 0 Å². The number of anilines is 2. The lowest BCUT2D eigenvalue weighted by atomic mass is 10.2. The minimum Gasteiger partial charge on any atom is -0.378 e. The van der Waals surface area contributed by atoms with Crippen molar-refractivity contribution in [2.45, 2.75) is 27.3 Å². The Bertz CT molecular complexity index is 994. The highest BCUT2D eigenvalue weighted by Crippen LogP contribution is 2.33. The molecular weight excluding hydrogens is 370 g/mol. The first kappa shape index (κ1) is 20.1. The lowest BCUT2D eigenvalue weighted by Gasteiger charge is -2.19. The minimum atomic E-state index is 0.0192. The summed E-state index contributed by atoms with van der Waals surface area (Å²) in [5.41, 5.74) is 3.42. The average molecular weight is 398 g/mol. The molecule has 148 valence electrons. The van der Waals surface area contributed by atoms with Crippen molar-refractivity contribution in [2.75, 3.05) is 37.9 Å². The van der Waals surface area contributed by atoms with E-state index in [0.29, 0.717) is 12.4 Å². The largest absolute Gasteiger partial charge is 0.378 e. The van der Waals surface area contributed by atoms with Crippen LogP contribution in [-0.2, 0) is 11.3 Å². The first-order valence-electron chi connectivity index (χ1n) is 9.24. The van der Waals surface area contributed by atoms with Crippen LogP contribution in [0.3, 0.4) is 0 Å². The van der Waals surface area contributed by atoms with Crippen LogP contribution in [0.25, 0.3) is 10.2 Å². The van der Waals surface area contributed by atoms with E-state index >= 15 is 0 Å². The lowest BCUT2D eigenvalue weighted by Crippen LogP contribution is -2.32. The van der Waals surface area contributed by atoms with Gasteiger partial charge in [0.05, 0.1) is 11.9 Å².